The smallest absolute Gasteiger partial charge is 0.109 e. The van der Waals surface area contributed by atoms with Crippen LogP contribution in [0.2, 0.25) is 0 Å². The van der Waals surface area contributed by atoms with Crippen molar-refractivity contribution in [3.05, 3.63) is 186 Å². The largest absolute Gasteiger partial charge is 0.319 e. The maximum atomic E-state index is 12.5. The highest BCUT2D eigenvalue weighted by Gasteiger charge is 2.46. The van der Waals surface area contributed by atoms with E-state index in [2.05, 4.69) is 152 Å². The Bertz CT molecular complexity index is 2190. The lowest BCUT2D eigenvalue weighted by molar-refractivity contribution is 0.588. The fourth-order valence-corrected chi connectivity index (χ4v) is 8.09. The van der Waals surface area contributed by atoms with Crippen LogP contribution < -0.4 is 5.30 Å². The van der Waals surface area contributed by atoms with Gasteiger partial charge in [-0.1, -0.05) is 146 Å². The molecule has 1 aliphatic rings. The average molecular weight is 597 g/mol. The van der Waals surface area contributed by atoms with E-state index in [9.17, 15) is 4.57 Å². The van der Waals surface area contributed by atoms with Gasteiger partial charge in [0.2, 0.25) is 0 Å². The van der Waals surface area contributed by atoms with Gasteiger partial charge >= 0.3 is 0 Å². The molecule has 0 unspecified atom stereocenters. The quantitative estimate of drug-likeness (QED) is 0.181. The van der Waals surface area contributed by atoms with E-state index in [1.807, 2.05) is 25.5 Å². The van der Waals surface area contributed by atoms with E-state index in [-0.39, 0.29) is 0 Å². The highest BCUT2D eigenvalue weighted by atomic mass is 31.2. The topological polar surface area (TPSA) is 17.1 Å². The molecule has 0 radical (unpaired) electrons. The minimum Gasteiger partial charge on any atom is -0.319 e. The number of benzene rings is 7. The molecular formula is C43H33OP. The predicted octanol–water partition coefficient (Wildman–Crippen LogP) is 10.8. The van der Waals surface area contributed by atoms with Gasteiger partial charge in [-0.25, -0.2) is 0 Å². The van der Waals surface area contributed by atoms with Crippen LogP contribution in [0.4, 0.5) is 0 Å². The molecule has 216 valence electrons. The molecule has 0 N–H and O–H groups in total. The van der Waals surface area contributed by atoms with Crippen molar-refractivity contribution in [1.29, 1.82) is 0 Å². The van der Waals surface area contributed by atoms with Crippen molar-refractivity contribution >= 4 is 23.2 Å². The third-order valence-corrected chi connectivity index (χ3v) is 11.0. The molecule has 0 amide bonds. The lowest BCUT2D eigenvalue weighted by Crippen LogP contribution is -2.28. The van der Waals surface area contributed by atoms with Gasteiger partial charge < -0.3 is 4.57 Å². The highest BCUT2D eigenvalue weighted by Crippen LogP contribution is 2.57. The zero-order valence-electron chi connectivity index (χ0n) is 25.4. The van der Waals surface area contributed by atoms with Crippen molar-refractivity contribution in [2.75, 3.05) is 13.3 Å². The van der Waals surface area contributed by atoms with E-state index in [0.29, 0.717) is 0 Å². The second-order valence-corrected chi connectivity index (χ2v) is 15.7. The summed E-state index contributed by atoms with van der Waals surface area (Å²) in [4.78, 5) is 0. The molecule has 0 saturated heterocycles. The van der Waals surface area contributed by atoms with Gasteiger partial charge in [0.25, 0.3) is 0 Å². The lowest BCUT2D eigenvalue weighted by Gasteiger charge is -2.34. The molecule has 0 fully saturated rings. The monoisotopic (exact) mass is 596 g/mol. The molecular weight excluding hydrogens is 563 g/mol. The van der Waals surface area contributed by atoms with Gasteiger partial charge in [0.05, 0.1) is 5.41 Å². The average Bonchev–Trinajstić information content (AvgIpc) is 3.37. The fraction of sp³-hybridized carbons (Fsp3) is 0.0698. The molecule has 7 aromatic rings. The summed E-state index contributed by atoms with van der Waals surface area (Å²) in [6.45, 7) is 3.63. The Labute approximate surface area is 265 Å². The van der Waals surface area contributed by atoms with Gasteiger partial charge in [-0.3, -0.25) is 0 Å². The fourth-order valence-electron chi connectivity index (χ4n) is 7.23. The molecule has 7 aromatic carbocycles. The third kappa shape index (κ3) is 4.50. The SMILES string of the molecule is CP(C)(=O)c1ccc(-c2ccc(-c3ccc4c(c3)-c3cc5ccccc5cc3C4(c3ccccc3)c3ccccc3)cc2)cc1. The van der Waals surface area contributed by atoms with Gasteiger partial charge in [-0.2, -0.15) is 0 Å². The zero-order chi connectivity index (χ0) is 30.6. The van der Waals surface area contributed by atoms with E-state index < -0.39 is 12.6 Å². The van der Waals surface area contributed by atoms with Crippen molar-refractivity contribution in [2.45, 2.75) is 5.41 Å². The minimum atomic E-state index is -2.27. The molecule has 1 nitrogen and oxygen atoms in total. The Balaban J connectivity index is 1.30. The Kier molecular flexibility index (Phi) is 6.48. The zero-order valence-corrected chi connectivity index (χ0v) is 26.3. The molecule has 0 bridgehead atoms. The molecule has 8 rings (SSSR count). The van der Waals surface area contributed by atoms with Crippen LogP contribution in [-0.4, -0.2) is 13.3 Å². The predicted molar refractivity (Wildman–Crippen MR) is 191 cm³/mol. The summed E-state index contributed by atoms with van der Waals surface area (Å²) in [5, 5.41) is 3.42. The Morgan fingerprint density at radius 3 is 1.42 bits per heavy atom. The summed E-state index contributed by atoms with van der Waals surface area (Å²) in [6, 6.07) is 59.4. The van der Waals surface area contributed by atoms with Crippen molar-refractivity contribution in [1.82, 2.24) is 0 Å². The molecule has 0 saturated carbocycles. The summed E-state index contributed by atoms with van der Waals surface area (Å²) < 4.78 is 12.5. The maximum absolute atomic E-state index is 12.5. The summed E-state index contributed by atoms with van der Waals surface area (Å²) in [5.41, 5.74) is 12.0. The van der Waals surface area contributed by atoms with Crippen molar-refractivity contribution in [3.8, 4) is 33.4 Å². The van der Waals surface area contributed by atoms with E-state index in [0.717, 1.165) is 16.4 Å². The molecule has 0 aromatic heterocycles. The second-order valence-electron chi connectivity index (χ2n) is 12.5. The Morgan fingerprint density at radius 1 is 0.422 bits per heavy atom. The van der Waals surface area contributed by atoms with Crippen LogP contribution in [-0.2, 0) is 9.98 Å². The first-order chi connectivity index (χ1) is 21.9. The summed E-state index contributed by atoms with van der Waals surface area (Å²) >= 11 is 0. The normalized spacial score (nSPS) is 13.4. The van der Waals surface area contributed by atoms with Crippen molar-refractivity contribution in [2.24, 2.45) is 0 Å². The molecule has 1 aliphatic carbocycles. The first kappa shape index (κ1) is 27.6. The van der Waals surface area contributed by atoms with Crippen LogP contribution in [0, 0.1) is 0 Å². The van der Waals surface area contributed by atoms with Crippen LogP contribution in [0.1, 0.15) is 22.3 Å². The van der Waals surface area contributed by atoms with Crippen LogP contribution in [0.25, 0.3) is 44.2 Å². The number of fused-ring (bicyclic) bond motifs is 4. The second kappa shape index (κ2) is 10.6. The summed E-state index contributed by atoms with van der Waals surface area (Å²) in [7, 11) is -2.27. The van der Waals surface area contributed by atoms with Crippen LogP contribution in [0.3, 0.4) is 0 Å². The molecule has 0 aliphatic heterocycles. The molecule has 0 atom stereocenters. The van der Waals surface area contributed by atoms with Crippen LogP contribution >= 0.6 is 7.14 Å². The maximum Gasteiger partial charge on any atom is 0.109 e. The van der Waals surface area contributed by atoms with E-state index in [1.165, 1.54) is 55.3 Å². The highest BCUT2D eigenvalue weighted by molar-refractivity contribution is 7.70. The molecule has 45 heavy (non-hydrogen) atoms. The number of rotatable bonds is 5. The van der Waals surface area contributed by atoms with Crippen LogP contribution in [0.5, 0.6) is 0 Å². The minimum absolute atomic E-state index is 0.424. The third-order valence-electron chi connectivity index (χ3n) is 9.46. The van der Waals surface area contributed by atoms with Gasteiger partial charge in [-0.15, -0.1) is 0 Å². The van der Waals surface area contributed by atoms with Gasteiger partial charge in [-0.05, 0) is 97.9 Å². The summed E-state index contributed by atoms with van der Waals surface area (Å²) in [5.74, 6) is 0. The molecule has 0 spiro atoms. The standard InChI is InChI=1S/C43H33OP/c1-45(2,44)38-24-21-31(22-25-38)30-17-19-32(20-18-30)35-23-26-41-39(28-35)40-27-33-11-9-10-12-34(33)29-42(40)43(41,36-13-5-3-6-14-36)37-15-7-4-8-16-37/h3-29H,1-2H3. The first-order valence-corrected chi connectivity index (χ1v) is 18.1. The van der Waals surface area contributed by atoms with E-state index >= 15 is 0 Å². The Morgan fingerprint density at radius 2 is 0.867 bits per heavy atom. The lowest BCUT2D eigenvalue weighted by atomic mass is 9.67. The van der Waals surface area contributed by atoms with Gasteiger partial charge in [0, 0.05) is 5.30 Å². The Hall–Kier alpha value is -4.97. The number of hydrogen-bond acceptors (Lipinski definition) is 1. The first-order valence-electron chi connectivity index (χ1n) is 15.5. The van der Waals surface area contributed by atoms with E-state index in [4.69, 9.17) is 0 Å². The summed E-state index contributed by atoms with van der Waals surface area (Å²) in [6.07, 6.45) is 0. The van der Waals surface area contributed by atoms with Gasteiger partial charge in [0.15, 0.2) is 0 Å². The van der Waals surface area contributed by atoms with Gasteiger partial charge in [0.1, 0.15) is 7.14 Å². The molecule has 0 heterocycles. The van der Waals surface area contributed by atoms with Crippen molar-refractivity contribution < 1.29 is 4.57 Å². The van der Waals surface area contributed by atoms with E-state index in [1.54, 1.807) is 0 Å². The van der Waals surface area contributed by atoms with Crippen molar-refractivity contribution in [3.63, 3.8) is 0 Å². The van der Waals surface area contributed by atoms with Crippen LogP contribution in [0.15, 0.2) is 164 Å². The molecule has 2 heteroatoms. The number of hydrogen-bond donors (Lipinski definition) is 0.